The number of amides is 2. The van der Waals surface area contributed by atoms with Crippen LogP contribution >= 0.6 is 0 Å². The molecule has 2 amide bonds. The molecule has 2 atom stereocenters. The number of carbonyl (C=O) groups excluding carboxylic acids is 2. The van der Waals surface area contributed by atoms with Crippen molar-refractivity contribution in [3.63, 3.8) is 0 Å². The molecule has 0 aliphatic carbocycles. The van der Waals surface area contributed by atoms with Crippen molar-refractivity contribution in [2.45, 2.75) is 89.8 Å². The Labute approximate surface area is 526 Å². The summed E-state index contributed by atoms with van der Waals surface area (Å²) in [4.78, 5) is 80.4. The predicted molar refractivity (Wildman–Crippen MR) is 315 cm³/mol. The summed E-state index contributed by atoms with van der Waals surface area (Å²) in [6.07, 6.45) is -10.4. The average molecular weight is 1320 g/mol. The van der Waals surface area contributed by atoms with E-state index in [4.69, 9.17) is 14.5 Å². The Balaban J connectivity index is 0.000000221. The molecule has 1 N–H and O–H groups in total. The number of hydrogen-bond donors (Lipinski definition) is 1. The Morgan fingerprint density at radius 2 is 0.957 bits per heavy atom. The molecule has 4 aromatic carbocycles. The number of pyridine rings is 3. The Bertz CT molecular complexity index is 4180. The lowest BCUT2D eigenvalue weighted by molar-refractivity contribution is -0.275. The van der Waals surface area contributed by atoms with Gasteiger partial charge in [-0.15, -0.1) is 26.3 Å². The molecule has 5 aromatic heterocycles. The summed E-state index contributed by atoms with van der Waals surface area (Å²) in [6, 6.07) is 28.8. The lowest BCUT2D eigenvalue weighted by Gasteiger charge is -2.32. The molecule has 1 aliphatic heterocycles. The van der Waals surface area contributed by atoms with Crippen molar-refractivity contribution in [3.8, 4) is 34.4 Å². The Morgan fingerprint density at radius 1 is 0.532 bits per heavy atom. The number of aromatic nitrogens is 7. The molecule has 492 valence electrons. The summed E-state index contributed by atoms with van der Waals surface area (Å²) in [5.41, 5.74) is 2.25. The summed E-state index contributed by atoms with van der Waals surface area (Å²) in [6.45, 7) is 0.989. The third kappa shape index (κ3) is 18.4. The number of hydrogen-bond acceptors (Lipinski definition) is 14. The molecule has 0 unspecified atom stereocenters. The first-order chi connectivity index (χ1) is 44.5. The van der Waals surface area contributed by atoms with Gasteiger partial charge in [0.05, 0.1) is 47.2 Å². The van der Waals surface area contributed by atoms with Crippen molar-refractivity contribution < 1.29 is 81.2 Å². The van der Waals surface area contributed by atoms with Gasteiger partial charge in [0, 0.05) is 50.6 Å². The lowest BCUT2D eigenvalue weighted by atomic mass is 10.1. The first-order valence-electron chi connectivity index (χ1n) is 28.5. The fourth-order valence-corrected chi connectivity index (χ4v) is 9.93. The van der Waals surface area contributed by atoms with E-state index in [2.05, 4.69) is 34.7 Å². The number of anilines is 1. The van der Waals surface area contributed by atoms with Gasteiger partial charge in [-0.2, -0.15) is 26.3 Å². The highest BCUT2D eigenvalue weighted by atomic mass is 19.4. The largest absolute Gasteiger partial charge is 0.573 e. The van der Waals surface area contributed by atoms with E-state index in [-0.39, 0.29) is 65.8 Å². The molecule has 10 rings (SSSR count). The van der Waals surface area contributed by atoms with Crippen LogP contribution in [-0.2, 0) is 41.9 Å². The van der Waals surface area contributed by atoms with Crippen LogP contribution in [0, 0.1) is 0 Å². The predicted octanol–water partition coefficient (Wildman–Crippen LogP) is 12.5. The van der Waals surface area contributed by atoms with Crippen LogP contribution in [0.3, 0.4) is 0 Å². The SMILES string of the molecule is C[C@H](c1nc2c(c(=O)n1-c1ccc(OCC(F)(F)F)cc1)CCCN2)N(Cc1cccnc1)C(=O)Cc1ccc(OC(F)(F)F)cc1.C[C@H](c1nc2ncccc2c(=O)n1-c1ccc(OCC(F)(F)F)cc1)N(Cc1cccnc1)C(=O)Cc1ccc(OC(F)(F)F)cc1. The maximum Gasteiger partial charge on any atom is 0.573 e. The van der Waals surface area contributed by atoms with Crippen LogP contribution in [0.4, 0.5) is 58.5 Å². The van der Waals surface area contributed by atoms with Crippen LogP contribution < -0.4 is 35.4 Å². The number of halogens is 12. The molecule has 0 saturated carbocycles. The summed E-state index contributed by atoms with van der Waals surface area (Å²) in [7, 11) is 0. The lowest BCUT2D eigenvalue weighted by Crippen LogP contribution is -2.39. The third-order valence-electron chi connectivity index (χ3n) is 14.3. The zero-order chi connectivity index (χ0) is 67.5. The molecule has 0 radical (unpaired) electrons. The van der Waals surface area contributed by atoms with Crippen molar-refractivity contribution >= 4 is 28.7 Å². The van der Waals surface area contributed by atoms with E-state index >= 15 is 0 Å². The van der Waals surface area contributed by atoms with Crippen LogP contribution in [0.25, 0.3) is 22.4 Å². The van der Waals surface area contributed by atoms with E-state index in [1.165, 1.54) is 104 Å². The van der Waals surface area contributed by atoms with Gasteiger partial charge in [0.2, 0.25) is 11.8 Å². The molecule has 30 heteroatoms. The van der Waals surface area contributed by atoms with Crippen LogP contribution in [-0.4, -0.2) is 101 Å². The minimum Gasteiger partial charge on any atom is -0.484 e. The minimum atomic E-state index is -4.87. The van der Waals surface area contributed by atoms with Crippen LogP contribution in [0.5, 0.6) is 23.0 Å². The van der Waals surface area contributed by atoms with Gasteiger partial charge in [-0.3, -0.25) is 38.3 Å². The number of fused-ring (bicyclic) bond motifs is 2. The molecule has 94 heavy (non-hydrogen) atoms. The van der Waals surface area contributed by atoms with Gasteiger partial charge >= 0.3 is 25.1 Å². The summed E-state index contributed by atoms with van der Waals surface area (Å²) >= 11 is 0. The maximum atomic E-state index is 14.0. The second-order valence-electron chi connectivity index (χ2n) is 21.1. The summed E-state index contributed by atoms with van der Waals surface area (Å²) < 4.78 is 172. The van der Waals surface area contributed by atoms with Crippen LogP contribution in [0.15, 0.2) is 174 Å². The first-order valence-corrected chi connectivity index (χ1v) is 28.5. The Hall–Kier alpha value is -10.6. The van der Waals surface area contributed by atoms with Gasteiger partial charge < -0.3 is 34.1 Å². The zero-order valence-corrected chi connectivity index (χ0v) is 49.4. The highest BCUT2D eigenvalue weighted by Gasteiger charge is 2.35. The van der Waals surface area contributed by atoms with Gasteiger partial charge in [0.1, 0.15) is 40.5 Å². The van der Waals surface area contributed by atoms with Crippen LogP contribution in [0.1, 0.15) is 71.8 Å². The molecule has 0 spiro atoms. The van der Waals surface area contributed by atoms with Gasteiger partial charge in [-0.25, -0.2) is 15.0 Å². The molecular formula is C64H54F12N10O8. The van der Waals surface area contributed by atoms with Crippen molar-refractivity contribution in [2.24, 2.45) is 0 Å². The van der Waals surface area contributed by atoms with Gasteiger partial charge in [0.25, 0.3) is 11.1 Å². The van der Waals surface area contributed by atoms with Crippen molar-refractivity contribution in [2.75, 3.05) is 25.1 Å². The van der Waals surface area contributed by atoms with Crippen molar-refractivity contribution in [3.05, 3.63) is 225 Å². The monoisotopic (exact) mass is 1320 g/mol. The molecule has 0 bridgehead atoms. The fourth-order valence-electron chi connectivity index (χ4n) is 9.93. The molecular weight excluding hydrogens is 1260 g/mol. The average Bonchev–Trinajstić information content (AvgIpc) is 0.769. The first kappa shape index (κ1) is 67.8. The highest BCUT2D eigenvalue weighted by molar-refractivity contribution is 5.80. The zero-order valence-electron chi connectivity index (χ0n) is 49.4. The van der Waals surface area contributed by atoms with Gasteiger partial charge in [0.15, 0.2) is 18.9 Å². The van der Waals surface area contributed by atoms with E-state index in [0.717, 1.165) is 24.3 Å². The van der Waals surface area contributed by atoms with Crippen LogP contribution in [0.2, 0.25) is 0 Å². The molecule has 1 aliphatic rings. The Morgan fingerprint density at radius 3 is 1.38 bits per heavy atom. The number of nitrogens with one attached hydrogen (secondary N) is 1. The molecule has 6 heterocycles. The van der Waals surface area contributed by atoms with E-state index in [9.17, 15) is 71.9 Å². The fraction of sp³-hybridized carbons (Fsp3) is 0.266. The number of alkyl halides is 12. The molecule has 9 aromatic rings. The van der Waals surface area contributed by atoms with Crippen molar-refractivity contribution in [1.29, 1.82) is 0 Å². The summed E-state index contributed by atoms with van der Waals surface area (Å²) in [5.74, 6) is -1.24. The highest BCUT2D eigenvalue weighted by Crippen LogP contribution is 2.32. The summed E-state index contributed by atoms with van der Waals surface area (Å²) in [5, 5.41) is 3.30. The molecule has 0 fully saturated rings. The standard InChI is InChI=1S/C32H29F6N5O4.C32H25F6N5O4/c2*1-20(42(18-22-4-2-14-39-17-22)27(44)16-21-6-10-25(11-7-21)47-32(36,37)38)29-41-28-26(5-3-15-40-28)30(45)43(29)23-8-12-24(13-9-23)46-19-31(33,34)35/h2,4,6-14,17,20,40H,3,5,15-16,18-19H2,1H3;2-15,17,20H,16,18-19H2,1H3/t2*20-/m11/s1. The minimum absolute atomic E-state index is 0.0173. The molecule has 0 saturated heterocycles. The smallest absolute Gasteiger partial charge is 0.484 e. The van der Waals surface area contributed by atoms with E-state index < -0.39 is 84.8 Å². The van der Waals surface area contributed by atoms with Crippen molar-refractivity contribution in [1.82, 2.24) is 43.9 Å². The quantitative estimate of drug-likeness (QED) is 0.0707. The van der Waals surface area contributed by atoms with E-state index in [1.54, 1.807) is 69.0 Å². The maximum absolute atomic E-state index is 14.0. The third-order valence-corrected chi connectivity index (χ3v) is 14.3. The number of nitrogens with zero attached hydrogens (tertiary/aromatic N) is 9. The number of benzene rings is 4. The number of ether oxygens (including phenoxy) is 4. The second kappa shape index (κ2) is 29.0. The van der Waals surface area contributed by atoms with Gasteiger partial charge in [-0.1, -0.05) is 36.4 Å². The molecule has 18 nitrogen and oxygen atoms in total. The normalized spacial score (nSPS) is 13.1. The second-order valence-corrected chi connectivity index (χ2v) is 21.1. The number of rotatable bonds is 20. The van der Waals surface area contributed by atoms with E-state index in [0.29, 0.717) is 58.7 Å². The van der Waals surface area contributed by atoms with E-state index in [1.807, 2.05) is 0 Å². The number of carbonyl (C=O) groups is 2. The topological polar surface area (TPSA) is 198 Å². The Kier molecular flexibility index (Phi) is 20.9. The van der Waals surface area contributed by atoms with Gasteiger partial charge in [-0.05, 0) is 146 Å².